The molecule has 7 nitrogen and oxygen atoms in total. The summed E-state index contributed by atoms with van der Waals surface area (Å²) in [5.41, 5.74) is 5.33. The predicted molar refractivity (Wildman–Crippen MR) is 60.6 cm³/mol. The summed E-state index contributed by atoms with van der Waals surface area (Å²) in [6.45, 7) is -1.25. The van der Waals surface area contributed by atoms with E-state index in [1.807, 2.05) is 0 Å². The predicted octanol–water partition coefficient (Wildman–Crippen LogP) is 0.569. The van der Waals surface area contributed by atoms with Gasteiger partial charge in [-0.25, -0.2) is 15.0 Å². The van der Waals surface area contributed by atoms with Gasteiger partial charge in [0.05, 0.1) is 12.9 Å². The first-order valence-corrected chi connectivity index (χ1v) is 5.75. The van der Waals surface area contributed by atoms with E-state index in [2.05, 4.69) is 19.7 Å². The van der Waals surface area contributed by atoms with Crippen LogP contribution in [-0.2, 0) is 4.74 Å². The molecule has 0 saturated carbocycles. The maximum absolute atomic E-state index is 13.9. The van der Waals surface area contributed by atoms with Gasteiger partial charge in [0, 0.05) is 0 Å². The number of aromatic nitrogens is 4. The number of aliphatic hydroxyl groups is 1. The number of halogens is 4. The number of hydrogen-bond donors (Lipinski definition) is 2. The molecule has 0 radical (unpaired) electrons. The van der Waals surface area contributed by atoms with Gasteiger partial charge in [0.2, 0.25) is 6.23 Å². The van der Waals surface area contributed by atoms with Gasteiger partial charge < -0.3 is 15.6 Å². The third kappa shape index (κ3) is 1.70. The molecule has 2 aromatic heterocycles. The topological polar surface area (TPSA) is 99.1 Å². The molecule has 0 amide bonds. The number of aliphatic hydroxyl groups excluding tert-OH is 1. The maximum Gasteiger partial charge on any atom is 0.356 e. The summed E-state index contributed by atoms with van der Waals surface area (Å²) < 4.78 is 60.2. The van der Waals surface area contributed by atoms with Crippen molar-refractivity contribution in [3.05, 3.63) is 12.7 Å². The first-order chi connectivity index (χ1) is 9.80. The Balaban J connectivity index is 2.13. The second-order valence-corrected chi connectivity index (χ2v) is 4.49. The van der Waals surface area contributed by atoms with Crippen LogP contribution in [0.5, 0.6) is 0 Å². The highest BCUT2D eigenvalue weighted by Gasteiger charge is 2.73. The molecule has 3 N–H and O–H groups in total. The van der Waals surface area contributed by atoms with Crippen molar-refractivity contribution >= 4 is 17.0 Å². The fourth-order valence-electron chi connectivity index (χ4n) is 2.15. The van der Waals surface area contributed by atoms with E-state index >= 15 is 0 Å². The number of ether oxygens (including phenoxy) is 1. The molecule has 0 aliphatic carbocycles. The minimum Gasteiger partial charge on any atom is -0.393 e. The Labute approximate surface area is 114 Å². The van der Waals surface area contributed by atoms with Gasteiger partial charge in [-0.1, -0.05) is 0 Å². The fraction of sp³-hybridized carbons (Fsp3) is 0.500. The Bertz CT molecular complexity index is 691. The summed E-state index contributed by atoms with van der Waals surface area (Å²) in [4.78, 5) is 11.0. The van der Waals surface area contributed by atoms with E-state index in [9.17, 15) is 17.6 Å². The van der Waals surface area contributed by atoms with Crippen molar-refractivity contribution in [1.82, 2.24) is 19.5 Å². The molecule has 3 heterocycles. The lowest BCUT2D eigenvalue weighted by atomic mass is 10.1. The Kier molecular flexibility index (Phi) is 2.82. The molecular formula is C10H9F4N5O2. The molecule has 2 unspecified atom stereocenters. The molecule has 0 spiro atoms. The van der Waals surface area contributed by atoms with Gasteiger partial charge in [-0.3, -0.25) is 4.57 Å². The average molecular weight is 307 g/mol. The van der Waals surface area contributed by atoms with Crippen LogP contribution in [0.2, 0.25) is 0 Å². The summed E-state index contributed by atoms with van der Waals surface area (Å²) >= 11 is 0. The first-order valence-electron chi connectivity index (χ1n) is 5.75. The van der Waals surface area contributed by atoms with Gasteiger partial charge in [-0.15, -0.1) is 0 Å². The summed E-state index contributed by atoms with van der Waals surface area (Å²) in [6.07, 6.45) is -2.83. The van der Waals surface area contributed by atoms with Crippen LogP contribution in [0.15, 0.2) is 12.7 Å². The fourth-order valence-corrected chi connectivity index (χ4v) is 2.15. The lowest BCUT2D eigenvalue weighted by Crippen LogP contribution is -2.46. The molecule has 21 heavy (non-hydrogen) atoms. The third-order valence-electron chi connectivity index (χ3n) is 3.26. The number of anilines is 1. The quantitative estimate of drug-likeness (QED) is 0.787. The molecule has 3 rings (SSSR count). The van der Waals surface area contributed by atoms with E-state index in [1.165, 1.54) is 0 Å². The Morgan fingerprint density at radius 3 is 2.57 bits per heavy atom. The van der Waals surface area contributed by atoms with Crippen molar-refractivity contribution in [3.8, 4) is 0 Å². The van der Waals surface area contributed by atoms with Crippen molar-refractivity contribution in [1.29, 1.82) is 0 Å². The third-order valence-corrected chi connectivity index (χ3v) is 3.26. The van der Waals surface area contributed by atoms with Crippen LogP contribution in [0, 0.1) is 0 Å². The van der Waals surface area contributed by atoms with E-state index in [0.717, 1.165) is 12.7 Å². The number of fused-ring (bicyclic) bond motifs is 1. The van der Waals surface area contributed by atoms with Crippen molar-refractivity contribution in [2.75, 3.05) is 12.3 Å². The number of nitrogen functional groups attached to an aromatic ring is 1. The minimum atomic E-state index is -4.55. The van der Waals surface area contributed by atoms with Gasteiger partial charge >= 0.3 is 11.8 Å². The number of nitrogens with two attached hydrogens (primary N) is 1. The molecule has 1 fully saturated rings. The lowest BCUT2D eigenvalue weighted by molar-refractivity contribution is -0.209. The molecule has 1 saturated heterocycles. The van der Waals surface area contributed by atoms with E-state index in [1.54, 1.807) is 0 Å². The average Bonchev–Trinajstić information content (AvgIpc) is 2.90. The zero-order valence-electron chi connectivity index (χ0n) is 10.3. The molecule has 0 aromatic carbocycles. The largest absolute Gasteiger partial charge is 0.393 e. The highest BCUT2D eigenvalue weighted by Crippen LogP contribution is 2.53. The summed E-state index contributed by atoms with van der Waals surface area (Å²) in [6, 6.07) is 0. The molecule has 2 atom stereocenters. The zero-order valence-corrected chi connectivity index (χ0v) is 10.3. The SMILES string of the molecule is Nc1ncnc2c1ncn2C1OC(CO)C(F)(F)C1(F)F. The van der Waals surface area contributed by atoms with E-state index in [0.29, 0.717) is 4.57 Å². The van der Waals surface area contributed by atoms with Gasteiger partial charge in [0.25, 0.3) is 0 Å². The number of rotatable bonds is 2. The smallest absolute Gasteiger partial charge is 0.356 e. The number of nitrogens with zero attached hydrogens (tertiary/aromatic N) is 4. The molecule has 114 valence electrons. The Morgan fingerprint density at radius 2 is 1.95 bits per heavy atom. The first kappa shape index (κ1) is 13.9. The van der Waals surface area contributed by atoms with Gasteiger partial charge in [-0.05, 0) is 0 Å². The van der Waals surface area contributed by atoms with Crippen LogP contribution < -0.4 is 5.73 Å². The number of imidazole rings is 1. The zero-order chi connectivity index (χ0) is 15.4. The van der Waals surface area contributed by atoms with Crippen LogP contribution in [0.3, 0.4) is 0 Å². The van der Waals surface area contributed by atoms with Crippen molar-refractivity contribution in [3.63, 3.8) is 0 Å². The maximum atomic E-state index is 13.9. The number of hydrogen-bond acceptors (Lipinski definition) is 6. The summed E-state index contributed by atoms with van der Waals surface area (Å²) in [7, 11) is 0. The Hall–Kier alpha value is -2.01. The Morgan fingerprint density at radius 1 is 1.24 bits per heavy atom. The normalized spacial score (nSPS) is 27.3. The molecule has 2 aromatic rings. The van der Waals surface area contributed by atoms with E-state index in [4.69, 9.17) is 10.8 Å². The molecule has 1 aliphatic rings. The monoisotopic (exact) mass is 307 g/mol. The van der Waals surface area contributed by atoms with Crippen molar-refractivity contribution < 1.29 is 27.4 Å². The minimum absolute atomic E-state index is 0.00679. The van der Waals surface area contributed by atoms with E-state index in [-0.39, 0.29) is 17.0 Å². The van der Waals surface area contributed by atoms with Crippen LogP contribution in [0.1, 0.15) is 6.23 Å². The standard InChI is InChI=1S/C10H9F4N5O2/c11-9(12)4(1-20)21-8(10(9,13)14)19-3-18-5-6(15)16-2-17-7(5)19/h2-4,8,20H,1H2,(H2,15,16,17). The second kappa shape index (κ2) is 4.24. The number of alkyl halides is 4. The van der Waals surface area contributed by atoms with E-state index < -0.39 is 30.8 Å². The van der Waals surface area contributed by atoms with Crippen LogP contribution in [0.25, 0.3) is 11.2 Å². The second-order valence-electron chi connectivity index (χ2n) is 4.49. The molecular weight excluding hydrogens is 298 g/mol. The van der Waals surface area contributed by atoms with Gasteiger partial charge in [-0.2, -0.15) is 17.6 Å². The highest BCUT2D eigenvalue weighted by molar-refractivity contribution is 5.81. The highest BCUT2D eigenvalue weighted by atomic mass is 19.3. The summed E-state index contributed by atoms with van der Waals surface area (Å²) in [5.74, 6) is -9.15. The lowest BCUT2D eigenvalue weighted by Gasteiger charge is -2.23. The van der Waals surface area contributed by atoms with Crippen LogP contribution in [0.4, 0.5) is 23.4 Å². The van der Waals surface area contributed by atoms with Crippen LogP contribution in [-0.4, -0.2) is 49.2 Å². The van der Waals surface area contributed by atoms with Gasteiger partial charge in [0.15, 0.2) is 17.6 Å². The van der Waals surface area contributed by atoms with Gasteiger partial charge in [0.1, 0.15) is 11.8 Å². The summed E-state index contributed by atoms with van der Waals surface area (Å²) in [5, 5.41) is 8.80. The van der Waals surface area contributed by atoms with Crippen LogP contribution >= 0.6 is 0 Å². The molecule has 11 heteroatoms. The van der Waals surface area contributed by atoms with Crippen molar-refractivity contribution in [2.45, 2.75) is 24.2 Å². The molecule has 1 aliphatic heterocycles. The van der Waals surface area contributed by atoms with Crippen molar-refractivity contribution in [2.24, 2.45) is 0 Å². The molecule has 0 bridgehead atoms.